The van der Waals surface area contributed by atoms with E-state index in [-0.39, 0.29) is 16.7 Å². The molecule has 0 aromatic heterocycles. The third kappa shape index (κ3) is 3.19. The van der Waals surface area contributed by atoms with Gasteiger partial charge in [-0.3, -0.25) is 0 Å². The number of hydrogen-bond donors (Lipinski definition) is 3. The Hall–Kier alpha value is -1.11. The summed E-state index contributed by atoms with van der Waals surface area (Å²) < 4.78 is 22.2. The second-order valence-electron chi connectivity index (χ2n) is 3.53. The molecule has 1 aromatic carbocycles. The zero-order chi connectivity index (χ0) is 11.6. The molecule has 84 valence electrons. The molecule has 5 N–H and O–H groups in total. The van der Waals surface area contributed by atoms with E-state index in [9.17, 15) is 13.5 Å². The number of phenols is 1. The number of benzene rings is 1. The van der Waals surface area contributed by atoms with Gasteiger partial charge in [-0.1, -0.05) is 6.07 Å². The topological polar surface area (TPSA) is 106 Å². The number of phenolic OH excluding ortho intramolecular Hbond substituents is 1. The second kappa shape index (κ2) is 4.18. The molecule has 0 aliphatic heterocycles. The lowest BCUT2D eigenvalue weighted by atomic mass is 10.1. The molecule has 0 saturated carbocycles. The van der Waals surface area contributed by atoms with Crippen LogP contribution in [-0.4, -0.2) is 19.6 Å². The number of hydrogen-bond acceptors (Lipinski definition) is 4. The van der Waals surface area contributed by atoms with Gasteiger partial charge in [0.25, 0.3) is 0 Å². The van der Waals surface area contributed by atoms with Crippen molar-refractivity contribution in [1.82, 2.24) is 0 Å². The Bertz CT molecular complexity index is 454. The molecule has 6 heteroatoms. The van der Waals surface area contributed by atoms with E-state index in [1.165, 1.54) is 12.1 Å². The number of primary sulfonamides is 1. The van der Waals surface area contributed by atoms with Gasteiger partial charge in [-0.15, -0.1) is 0 Å². The van der Waals surface area contributed by atoms with E-state index in [1.807, 2.05) is 6.92 Å². The van der Waals surface area contributed by atoms with Crippen LogP contribution >= 0.6 is 0 Å². The van der Waals surface area contributed by atoms with Gasteiger partial charge in [0.2, 0.25) is 10.0 Å². The van der Waals surface area contributed by atoms with Crippen molar-refractivity contribution in [2.24, 2.45) is 10.9 Å². The molecule has 5 nitrogen and oxygen atoms in total. The summed E-state index contributed by atoms with van der Waals surface area (Å²) in [6.07, 6.45) is 0.531. The first kappa shape index (κ1) is 12.0. The zero-order valence-corrected chi connectivity index (χ0v) is 9.16. The van der Waals surface area contributed by atoms with Gasteiger partial charge in [-0.2, -0.15) is 0 Å². The number of aromatic hydroxyl groups is 1. The molecule has 0 bridgehead atoms. The molecule has 1 rings (SSSR count). The van der Waals surface area contributed by atoms with Crippen LogP contribution in [0, 0.1) is 0 Å². The summed E-state index contributed by atoms with van der Waals surface area (Å²) >= 11 is 0. The zero-order valence-electron chi connectivity index (χ0n) is 8.34. The highest BCUT2D eigenvalue weighted by Crippen LogP contribution is 2.22. The molecule has 0 heterocycles. The van der Waals surface area contributed by atoms with Gasteiger partial charge in [-0.05, 0) is 31.0 Å². The molecule has 1 aromatic rings. The molecule has 15 heavy (non-hydrogen) atoms. The van der Waals surface area contributed by atoms with Crippen molar-refractivity contribution in [1.29, 1.82) is 0 Å². The van der Waals surface area contributed by atoms with E-state index in [2.05, 4.69) is 0 Å². The summed E-state index contributed by atoms with van der Waals surface area (Å²) in [6, 6.07) is 4.18. The summed E-state index contributed by atoms with van der Waals surface area (Å²) in [5, 5.41) is 14.3. The maximum atomic E-state index is 11.1. The van der Waals surface area contributed by atoms with E-state index in [4.69, 9.17) is 10.9 Å². The summed E-state index contributed by atoms with van der Waals surface area (Å²) in [5.41, 5.74) is 6.31. The van der Waals surface area contributed by atoms with E-state index in [1.54, 1.807) is 6.07 Å². The fourth-order valence-corrected chi connectivity index (χ4v) is 1.96. The standard InChI is InChI=1S/C9H14N2O3S/c1-6(10)4-7-2-3-8(12)9(5-7)15(11,13)14/h2-3,5-6,12H,4,10H2,1H3,(H2,11,13,14)/t6-/m1/s1. The number of sulfonamides is 1. The minimum atomic E-state index is -3.88. The van der Waals surface area contributed by atoms with Crippen molar-refractivity contribution in [3.63, 3.8) is 0 Å². The van der Waals surface area contributed by atoms with Gasteiger partial charge in [0.15, 0.2) is 0 Å². The van der Waals surface area contributed by atoms with Crippen molar-refractivity contribution in [2.75, 3.05) is 0 Å². The predicted octanol–water partition coefficient (Wildman–Crippen LogP) is -0.0707. The average Bonchev–Trinajstić information content (AvgIpc) is 2.05. The van der Waals surface area contributed by atoms with Gasteiger partial charge < -0.3 is 10.8 Å². The fraction of sp³-hybridized carbons (Fsp3) is 0.333. The number of rotatable bonds is 3. The number of nitrogens with two attached hydrogens (primary N) is 2. The minimum Gasteiger partial charge on any atom is -0.507 e. The first-order valence-corrected chi connectivity index (χ1v) is 5.95. The van der Waals surface area contributed by atoms with Crippen LogP contribution in [0.25, 0.3) is 0 Å². The van der Waals surface area contributed by atoms with Crippen molar-refractivity contribution in [2.45, 2.75) is 24.3 Å². The maximum Gasteiger partial charge on any atom is 0.241 e. The molecule has 0 aliphatic rings. The third-order valence-electron chi connectivity index (χ3n) is 1.89. The lowest BCUT2D eigenvalue weighted by Gasteiger charge is -2.08. The van der Waals surface area contributed by atoms with E-state index in [0.29, 0.717) is 6.42 Å². The lowest BCUT2D eigenvalue weighted by molar-refractivity contribution is 0.458. The van der Waals surface area contributed by atoms with Crippen molar-refractivity contribution >= 4 is 10.0 Å². The molecule has 0 spiro atoms. The van der Waals surface area contributed by atoms with E-state index in [0.717, 1.165) is 5.56 Å². The molecule has 1 atom stereocenters. The minimum absolute atomic E-state index is 0.0807. The smallest absolute Gasteiger partial charge is 0.241 e. The summed E-state index contributed by atoms with van der Waals surface area (Å²) in [6.45, 7) is 1.81. The van der Waals surface area contributed by atoms with Crippen LogP contribution < -0.4 is 10.9 Å². The normalized spacial score (nSPS) is 13.8. The Balaban J connectivity index is 3.18. The first-order valence-electron chi connectivity index (χ1n) is 4.41. The monoisotopic (exact) mass is 230 g/mol. The SMILES string of the molecule is C[C@@H](N)Cc1ccc(O)c(S(N)(=O)=O)c1. The maximum absolute atomic E-state index is 11.1. The van der Waals surface area contributed by atoms with Crippen LogP contribution in [0.5, 0.6) is 5.75 Å². The molecule has 0 unspecified atom stereocenters. The van der Waals surface area contributed by atoms with Crippen molar-refractivity contribution in [3.05, 3.63) is 23.8 Å². The van der Waals surface area contributed by atoms with Crippen molar-refractivity contribution in [3.8, 4) is 5.75 Å². The molecular formula is C9H14N2O3S. The second-order valence-corrected chi connectivity index (χ2v) is 5.06. The van der Waals surface area contributed by atoms with Gasteiger partial charge >= 0.3 is 0 Å². The lowest BCUT2D eigenvalue weighted by Crippen LogP contribution is -2.18. The Morgan fingerprint density at radius 1 is 1.47 bits per heavy atom. The average molecular weight is 230 g/mol. The molecular weight excluding hydrogens is 216 g/mol. The van der Waals surface area contributed by atoms with Crippen molar-refractivity contribution < 1.29 is 13.5 Å². The van der Waals surface area contributed by atoms with Crippen LogP contribution in [0.4, 0.5) is 0 Å². The van der Waals surface area contributed by atoms with Gasteiger partial charge in [0.1, 0.15) is 10.6 Å². The summed E-state index contributed by atoms with van der Waals surface area (Å²) in [5.74, 6) is -0.342. The highest BCUT2D eigenvalue weighted by Gasteiger charge is 2.14. The Morgan fingerprint density at radius 2 is 2.07 bits per heavy atom. The molecule has 0 amide bonds. The Kier molecular flexibility index (Phi) is 3.33. The van der Waals surface area contributed by atoms with Crippen LogP contribution in [0.15, 0.2) is 23.1 Å². The van der Waals surface area contributed by atoms with Crippen LogP contribution in [-0.2, 0) is 16.4 Å². The van der Waals surface area contributed by atoms with Crippen LogP contribution in [0.1, 0.15) is 12.5 Å². The van der Waals surface area contributed by atoms with E-state index < -0.39 is 10.0 Å². The molecule has 0 fully saturated rings. The molecule has 0 radical (unpaired) electrons. The van der Waals surface area contributed by atoms with Gasteiger partial charge in [0, 0.05) is 6.04 Å². The largest absolute Gasteiger partial charge is 0.507 e. The fourth-order valence-electron chi connectivity index (χ4n) is 1.29. The molecule has 0 saturated heterocycles. The van der Waals surface area contributed by atoms with Crippen LogP contribution in [0.3, 0.4) is 0 Å². The summed E-state index contributed by atoms with van der Waals surface area (Å²) in [4.78, 5) is -0.263. The van der Waals surface area contributed by atoms with Gasteiger partial charge in [0.05, 0.1) is 0 Å². The third-order valence-corrected chi connectivity index (χ3v) is 2.83. The predicted molar refractivity (Wildman–Crippen MR) is 56.8 cm³/mol. The van der Waals surface area contributed by atoms with Crippen LogP contribution in [0.2, 0.25) is 0 Å². The van der Waals surface area contributed by atoms with Gasteiger partial charge in [-0.25, -0.2) is 13.6 Å². The Morgan fingerprint density at radius 3 is 2.53 bits per heavy atom. The van der Waals surface area contributed by atoms with E-state index >= 15 is 0 Å². The molecule has 0 aliphatic carbocycles. The Labute approximate surface area is 88.8 Å². The highest BCUT2D eigenvalue weighted by molar-refractivity contribution is 7.89. The quantitative estimate of drug-likeness (QED) is 0.675. The summed E-state index contributed by atoms with van der Waals surface area (Å²) in [7, 11) is -3.88. The first-order chi connectivity index (χ1) is 6.80. The highest BCUT2D eigenvalue weighted by atomic mass is 32.2.